The number of hydrogen-bond donors (Lipinski definition) is 0. The van der Waals surface area contributed by atoms with Gasteiger partial charge in [0.2, 0.25) is 0 Å². The summed E-state index contributed by atoms with van der Waals surface area (Å²) >= 11 is 11.2. The number of hydrogen-bond acceptors (Lipinski definition) is 3. The molecule has 0 fully saturated rings. The Kier molecular flexibility index (Phi) is 4.66. The molecule has 2 aromatic carbocycles. The fourth-order valence-electron chi connectivity index (χ4n) is 1.65. The van der Waals surface area contributed by atoms with Crippen molar-refractivity contribution in [2.75, 3.05) is 5.75 Å². The summed E-state index contributed by atoms with van der Waals surface area (Å²) in [4.78, 5) is 11.8. The third-order valence-corrected chi connectivity index (χ3v) is 4.89. The molecule has 0 aromatic heterocycles. The molecule has 0 aliphatic heterocycles. The van der Waals surface area contributed by atoms with Crippen molar-refractivity contribution in [1.82, 2.24) is 0 Å². The van der Waals surface area contributed by atoms with Crippen LogP contribution in [0.2, 0.25) is 10.0 Å². The van der Waals surface area contributed by atoms with E-state index in [-0.39, 0.29) is 15.5 Å². The molecule has 0 amide bonds. The average Bonchev–Trinajstić information content (AvgIpc) is 2.42. The predicted octanol–water partition coefficient (Wildman–Crippen LogP) is 3.79. The largest absolute Gasteiger partial charge is 0.293 e. The molecule has 0 unspecified atom stereocenters. The van der Waals surface area contributed by atoms with Crippen LogP contribution in [0.3, 0.4) is 0 Å². The zero-order chi connectivity index (χ0) is 15.6. The van der Waals surface area contributed by atoms with Gasteiger partial charge in [-0.1, -0.05) is 23.2 Å². The molecule has 0 saturated carbocycles. The summed E-state index contributed by atoms with van der Waals surface area (Å²) in [7, 11) is -3.89. The Morgan fingerprint density at radius 3 is 2.24 bits per heavy atom. The fraction of sp³-hybridized carbons (Fsp3) is 0.0714. The van der Waals surface area contributed by atoms with E-state index in [0.29, 0.717) is 5.02 Å². The minimum absolute atomic E-state index is 0.198. The van der Waals surface area contributed by atoms with Crippen LogP contribution in [-0.2, 0) is 9.84 Å². The van der Waals surface area contributed by atoms with E-state index in [1.807, 2.05) is 0 Å². The van der Waals surface area contributed by atoms with Crippen LogP contribution in [-0.4, -0.2) is 20.0 Å². The van der Waals surface area contributed by atoms with Gasteiger partial charge in [-0.25, -0.2) is 12.8 Å². The monoisotopic (exact) mass is 346 g/mol. The third kappa shape index (κ3) is 3.81. The van der Waals surface area contributed by atoms with E-state index >= 15 is 0 Å². The molecule has 110 valence electrons. The lowest BCUT2D eigenvalue weighted by Gasteiger charge is -2.05. The van der Waals surface area contributed by atoms with Crippen LogP contribution in [0.4, 0.5) is 4.39 Å². The summed E-state index contributed by atoms with van der Waals surface area (Å²) in [5, 5.41) is 0.134. The molecule has 21 heavy (non-hydrogen) atoms. The maximum atomic E-state index is 13.0. The van der Waals surface area contributed by atoms with Gasteiger partial charge in [-0.2, -0.15) is 0 Å². The molecular formula is C14H9Cl2FO3S. The number of halogens is 3. The normalized spacial score (nSPS) is 11.4. The van der Waals surface area contributed by atoms with Crippen LogP contribution >= 0.6 is 23.2 Å². The second kappa shape index (κ2) is 6.13. The Balaban J connectivity index is 2.26. The fourth-order valence-corrected chi connectivity index (χ4v) is 3.27. The van der Waals surface area contributed by atoms with E-state index in [1.54, 1.807) is 0 Å². The Bertz CT molecular complexity index is 786. The van der Waals surface area contributed by atoms with Crippen molar-refractivity contribution in [2.24, 2.45) is 0 Å². The lowest BCUT2D eigenvalue weighted by Crippen LogP contribution is -2.16. The number of carbonyl (C=O) groups excluding carboxylic acids is 1. The number of benzene rings is 2. The average molecular weight is 347 g/mol. The van der Waals surface area contributed by atoms with Crippen molar-refractivity contribution in [2.45, 2.75) is 4.90 Å². The van der Waals surface area contributed by atoms with E-state index in [1.165, 1.54) is 24.3 Å². The molecule has 0 saturated heterocycles. The second-order valence-electron chi connectivity index (χ2n) is 4.27. The van der Waals surface area contributed by atoms with E-state index in [4.69, 9.17) is 23.2 Å². The molecule has 0 bridgehead atoms. The number of rotatable bonds is 4. The Morgan fingerprint density at radius 2 is 1.67 bits per heavy atom. The number of sulfone groups is 1. The van der Waals surface area contributed by atoms with Gasteiger partial charge in [0.1, 0.15) is 11.6 Å². The first-order valence-electron chi connectivity index (χ1n) is 5.76. The molecule has 7 heteroatoms. The number of ketones is 1. The van der Waals surface area contributed by atoms with Gasteiger partial charge < -0.3 is 0 Å². The van der Waals surface area contributed by atoms with Gasteiger partial charge in [0.05, 0.1) is 9.92 Å². The van der Waals surface area contributed by atoms with E-state index in [9.17, 15) is 17.6 Å². The lowest BCUT2D eigenvalue weighted by molar-refractivity contribution is 0.102. The van der Waals surface area contributed by atoms with E-state index < -0.39 is 27.2 Å². The van der Waals surface area contributed by atoms with Crippen LogP contribution in [0.5, 0.6) is 0 Å². The first kappa shape index (κ1) is 15.9. The minimum atomic E-state index is -3.89. The molecule has 0 aliphatic carbocycles. The Labute approximate surface area is 131 Å². The molecular weight excluding hydrogens is 338 g/mol. The highest BCUT2D eigenvalue weighted by molar-refractivity contribution is 7.92. The van der Waals surface area contributed by atoms with Gasteiger partial charge in [-0.3, -0.25) is 4.79 Å². The van der Waals surface area contributed by atoms with Crippen molar-refractivity contribution >= 4 is 38.8 Å². The summed E-state index contributed by atoms with van der Waals surface area (Å²) in [5.41, 5.74) is 0.233. The first-order chi connectivity index (χ1) is 9.79. The van der Waals surface area contributed by atoms with Crippen LogP contribution < -0.4 is 0 Å². The van der Waals surface area contributed by atoms with Crippen molar-refractivity contribution in [1.29, 1.82) is 0 Å². The Morgan fingerprint density at radius 1 is 1.05 bits per heavy atom. The SMILES string of the molecule is O=C(CS(=O)(=O)c1ccc(F)c(Cl)c1)c1ccc(Cl)cc1. The molecule has 0 N–H and O–H groups in total. The second-order valence-corrected chi connectivity index (χ2v) is 7.10. The predicted molar refractivity (Wildman–Crippen MR) is 79.2 cm³/mol. The Hall–Kier alpha value is -1.43. The lowest BCUT2D eigenvalue weighted by atomic mass is 10.1. The number of carbonyl (C=O) groups is 1. The molecule has 2 rings (SSSR count). The molecule has 0 spiro atoms. The summed E-state index contributed by atoms with van der Waals surface area (Å²) in [5.74, 6) is -2.02. The summed E-state index contributed by atoms with van der Waals surface area (Å²) in [6.45, 7) is 0. The highest BCUT2D eigenvalue weighted by Gasteiger charge is 2.21. The van der Waals surface area contributed by atoms with Gasteiger partial charge in [0.15, 0.2) is 15.6 Å². The van der Waals surface area contributed by atoms with Crippen molar-refractivity contribution < 1.29 is 17.6 Å². The maximum absolute atomic E-state index is 13.0. The summed E-state index contributed by atoms with van der Waals surface area (Å²) < 4.78 is 37.3. The molecule has 0 heterocycles. The topological polar surface area (TPSA) is 51.2 Å². The molecule has 0 aliphatic rings. The van der Waals surface area contributed by atoms with Crippen molar-refractivity contribution in [3.8, 4) is 0 Å². The first-order valence-corrected chi connectivity index (χ1v) is 8.17. The molecule has 0 atom stereocenters. The van der Waals surface area contributed by atoms with Crippen molar-refractivity contribution in [3.05, 3.63) is 63.9 Å². The van der Waals surface area contributed by atoms with Gasteiger partial charge in [-0.15, -0.1) is 0 Å². The van der Waals surface area contributed by atoms with Gasteiger partial charge >= 0.3 is 0 Å². The zero-order valence-corrected chi connectivity index (χ0v) is 12.8. The molecule has 3 nitrogen and oxygen atoms in total. The minimum Gasteiger partial charge on any atom is -0.293 e. The van der Waals surface area contributed by atoms with Crippen LogP contribution in [0.15, 0.2) is 47.4 Å². The molecule has 0 radical (unpaired) electrons. The van der Waals surface area contributed by atoms with E-state index in [2.05, 4.69) is 0 Å². The standard InChI is InChI=1S/C14H9Cl2FO3S/c15-10-3-1-9(2-4-10)14(18)8-21(19,20)11-5-6-13(17)12(16)7-11/h1-7H,8H2. The smallest absolute Gasteiger partial charge is 0.185 e. The van der Waals surface area contributed by atoms with Gasteiger partial charge in [-0.05, 0) is 42.5 Å². The van der Waals surface area contributed by atoms with Crippen LogP contribution in [0.25, 0.3) is 0 Å². The zero-order valence-electron chi connectivity index (χ0n) is 10.5. The third-order valence-electron chi connectivity index (χ3n) is 2.74. The molecule has 2 aromatic rings. The number of Topliss-reactive ketones (excluding diaryl/α,β-unsaturated/α-hetero) is 1. The summed E-state index contributed by atoms with van der Waals surface area (Å²) in [6, 6.07) is 8.89. The summed E-state index contributed by atoms with van der Waals surface area (Å²) in [6.07, 6.45) is 0. The van der Waals surface area contributed by atoms with Crippen LogP contribution in [0.1, 0.15) is 10.4 Å². The quantitative estimate of drug-likeness (QED) is 0.625. The maximum Gasteiger partial charge on any atom is 0.185 e. The van der Waals surface area contributed by atoms with Gasteiger partial charge in [0, 0.05) is 10.6 Å². The highest BCUT2D eigenvalue weighted by atomic mass is 35.5. The van der Waals surface area contributed by atoms with Gasteiger partial charge in [0.25, 0.3) is 0 Å². The highest BCUT2D eigenvalue weighted by Crippen LogP contribution is 2.21. The van der Waals surface area contributed by atoms with E-state index in [0.717, 1.165) is 18.2 Å². The van der Waals surface area contributed by atoms with Crippen LogP contribution in [0, 0.1) is 5.82 Å². The van der Waals surface area contributed by atoms with Crippen molar-refractivity contribution in [3.63, 3.8) is 0 Å².